The highest BCUT2D eigenvalue weighted by molar-refractivity contribution is 7.89. The molecule has 0 aliphatic carbocycles. The third-order valence-corrected chi connectivity index (χ3v) is 4.77. The van der Waals surface area contributed by atoms with Gasteiger partial charge in [0.15, 0.2) is 0 Å². The smallest absolute Gasteiger partial charge is 0.254 e. The number of likely N-dealkylation sites (N-methyl/N-ethyl adjacent to an activating group) is 1. The number of primary sulfonamides is 1. The second kappa shape index (κ2) is 5.75. The topological polar surface area (TPSA) is 83.7 Å². The van der Waals surface area contributed by atoms with Gasteiger partial charge < -0.3 is 9.80 Å². The van der Waals surface area contributed by atoms with E-state index in [9.17, 15) is 13.2 Å². The van der Waals surface area contributed by atoms with Gasteiger partial charge in [0, 0.05) is 31.2 Å². The minimum Gasteiger partial charge on any atom is -0.333 e. The van der Waals surface area contributed by atoms with Gasteiger partial charge in [0.1, 0.15) is 0 Å². The van der Waals surface area contributed by atoms with Crippen LogP contribution in [0, 0.1) is 6.92 Å². The second-order valence-corrected chi connectivity index (χ2v) is 7.19. The maximum absolute atomic E-state index is 12.7. The van der Waals surface area contributed by atoms with Crippen molar-refractivity contribution >= 4 is 15.9 Å². The van der Waals surface area contributed by atoms with Crippen LogP contribution in [0.25, 0.3) is 0 Å². The molecule has 1 unspecified atom stereocenters. The molecule has 1 fully saturated rings. The zero-order valence-corrected chi connectivity index (χ0v) is 13.4. The number of hydrogen-bond acceptors (Lipinski definition) is 4. The Kier molecular flexibility index (Phi) is 4.36. The lowest BCUT2D eigenvalue weighted by Gasteiger charge is -2.38. The lowest BCUT2D eigenvalue weighted by Crippen LogP contribution is -2.52. The van der Waals surface area contributed by atoms with Crippen LogP contribution in [0.15, 0.2) is 23.1 Å². The van der Waals surface area contributed by atoms with Gasteiger partial charge in [0.2, 0.25) is 10.0 Å². The molecular formula is C14H21N3O3S. The van der Waals surface area contributed by atoms with Crippen molar-refractivity contribution in [2.45, 2.75) is 24.8 Å². The predicted octanol–water partition coefficient (Wildman–Crippen LogP) is 0.419. The van der Waals surface area contributed by atoms with E-state index < -0.39 is 10.0 Å². The first-order valence-corrected chi connectivity index (χ1v) is 8.37. The minimum absolute atomic E-state index is 0.0294. The molecule has 6 nitrogen and oxygen atoms in total. The molecule has 1 heterocycles. The fraction of sp³-hybridized carbons (Fsp3) is 0.500. The third-order valence-electron chi connectivity index (χ3n) is 3.86. The molecule has 1 aromatic rings. The summed E-state index contributed by atoms with van der Waals surface area (Å²) in [5, 5.41) is 5.14. The number of carbonyl (C=O) groups is 1. The molecule has 0 bridgehead atoms. The van der Waals surface area contributed by atoms with Crippen molar-refractivity contribution in [2.75, 3.05) is 26.7 Å². The normalized spacial score (nSPS) is 20.6. The molecule has 1 atom stereocenters. The monoisotopic (exact) mass is 311 g/mol. The Balaban J connectivity index is 2.35. The van der Waals surface area contributed by atoms with Gasteiger partial charge in [-0.3, -0.25) is 4.79 Å². The molecule has 1 amide bonds. The van der Waals surface area contributed by atoms with Gasteiger partial charge in [-0.15, -0.1) is 0 Å². The molecule has 0 saturated carbocycles. The average molecular weight is 311 g/mol. The van der Waals surface area contributed by atoms with Gasteiger partial charge in [-0.1, -0.05) is 6.07 Å². The molecule has 0 spiro atoms. The van der Waals surface area contributed by atoms with Gasteiger partial charge in [-0.05, 0) is 38.6 Å². The molecule has 7 heteroatoms. The predicted molar refractivity (Wildman–Crippen MR) is 80.5 cm³/mol. The number of aryl methyl sites for hydroxylation is 1. The number of benzene rings is 1. The standard InChI is InChI=1S/C14H21N3O3S/c1-10-4-5-12(21(15,19)20)8-13(10)14(18)17-7-6-16(3)9-11(17)2/h4-5,8,11H,6-7,9H2,1-3H3,(H2,15,19,20). The van der Waals surface area contributed by atoms with Crippen molar-refractivity contribution in [1.29, 1.82) is 0 Å². The maximum atomic E-state index is 12.7. The van der Waals surface area contributed by atoms with E-state index in [4.69, 9.17) is 5.14 Å². The first kappa shape index (κ1) is 15.9. The number of nitrogens with two attached hydrogens (primary N) is 1. The van der Waals surface area contributed by atoms with E-state index in [1.54, 1.807) is 17.9 Å². The molecule has 1 saturated heterocycles. The zero-order chi connectivity index (χ0) is 15.8. The largest absolute Gasteiger partial charge is 0.333 e. The molecule has 1 aliphatic rings. The first-order chi connectivity index (χ1) is 9.70. The number of hydrogen-bond donors (Lipinski definition) is 1. The Labute approximate surface area is 125 Å². The quantitative estimate of drug-likeness (QED) is 0.858. The van der Waals surface area contributed by atoms with Crippen LogP contribution in [0.2, 0.25) is 0 Å². The summed E-state index contributed by atoms with van der Waals surface area (Å²) < 4.78 is 22.9. The van der Waals surface area contributed by atoms with Crippen LogP contribution in [-0.2, 0) is 10.0 Å². The molecule has 21 heavy (non-hydrogen) atoms. The van der Waals surface area contributed by atoms with E-state index in [0.717, 1.165) is 18.7 Å². The molecule has 1 aromatic carbocycles. The summed E-state index contributed by atoms with van der Waals surface area (Å²) in [4.78, 5) is 16.6. The highest BCUT2D eigenvalue weighted by atomic mass is 32.2. The summed E-state index contributed by atoms with van der Waals surface area (Å²) in [6.45, 7) is 6.03. The molecule has 0 radical (unpaired) electrons. The highest BCUT2D eigenvalue weighted by Gasteiger charge is 2.27. The number of amides is 1. The van der Waals surface area contributed by atoms with Crippen LogP contribution in [0.4, 0.5) is 0 Å². The Morgan fingerprint density at radius 1 is 1.33 bits per heavy atom. The van der Waals surface area contributed by atoms with Crippen LogP contribution in [0.1, 0.15) is 22.8 Å². The van der Waals surface area contributed by atoms with Gasteiger partial charge in [0.25, 0.3) is 5.91 Å². The van der Waals surface area contributed by atoms with Crippen molar-refractivity contribution < 1.29 is 13.2 Å². The number of rotatable bonds is 2. The summed E-state index contributed by atoms with van der Waals surface area (Å²) >= 11 is 0. The number of carbonyl (C=O) groups excluding carboxylic acids is 1. The fourth-order valence-corrected chi connectivity index (χ4v) is 3.14. The Morgan fingerprint density at radius 2 is 2.00 bits per heavy atom. The third kappa shape index (κ3) is 3.42. The molecule has 2 rings (SSSR count). The van der Waals surface area contributed by atoms with Crippen LogP contribution in [-0.4, -0.2) is 56.8 Å². The molecule has 116 valence electrons. The SMILES string of the molecule is Cc1ccc(S(N)(=O)=O)cc1C(=O)N1CCN(C)CC1C. The molecule has 1 aliphatic heterocycles. The molecular weight excluding hydrogens is 290 g/mol. The Hall–Kier alpha value is -1.44. The fourth-order valence-electron chi connectivity index (χ4n) is 2.60. The van der Waals surface area contributed by atoms with E-state index in [-0.39, 0.29) is 16.8 Å². The van der Waals surface area contributed by atoms with Crippen molar-refractivity contribution in [3.63, 3.8) is 0 Å². The van der Waals surface area contributed by atoms with Gasteiger partial charge >= 0.3 is 0 Å². The van der Waals surface area contributed by atoms with E-state index in [2.05, 4.69) is 4.90 Å². The van der Waals surface area contributed by atoms with Crippen molar-refractivity contribution in [1.82, 2.24) is 9.80 Å². The van der Waals surface area contributed by atoms with Crippen molar-refractivity contribution in [2.24, 2.45) is 5.14 Å². The van der Waals surface area contributed by atoms with Gasteiger partial charge in [0.05, 0.1) is 4.90 Å². The summed E-state index contributed by atoms with van der Waals surface area (Å²) in [5.74, 6) is -0.140. The Bertz CT molecular complexity index is 657. The van der Waals surface area contributed by atoms with E-state index in [1.807, 2.05) is 14.0 Å². The number of sulfonamides is 1. The Morgan fingerprint density at radius 3 is 2.57 bits per heavy atom. The lowest BCUT2D eigenvalue weighted by molar-refractivity contribution is 0.0532. The van der Waals surface area contributed by atoms with Crippen molar-refractivity contribution in [3.8, 4) is 0 Å². The number of nitrogens with zero attached hydrogens (tertiary/aromatic N) is 2. The lowest BCUT2D eigenvalue weighted by atomic mass is 10.1. The van der Waals surface area contributed by atoms with E-state index in [1.165, 1.54) is 12.1 Å². The van der Waals surface area contributed by atoms with Crippen LogP contribution in [0.5, 0.6) is 0 Å². The van der Waals surface area contributed by atoms with E-state index >= 15 is 0 Å². The molecule has 2 N–H and O–H groups in total. The second-order valence-electron chi connectivity index (χ2n) is 5.63. The summed E-state index contributed by atoms with van der Waals surface area (Å²) in [6.07, 6.45) is 0. The van der Waals surface area contributed by atoms with Gasteiger partial charge in [-0.2, -0.15) is 0 Å². The first-order valence-electron chi connectivity index (χ1n) is 6.83. The average Bonchev–Trinajstić information content (AvgIpc) is 2.37. The van der Waals surface area contributed by atoms with E-state index in [0.29, 0.717) is 12.1 Å². The van der Waals surface area contributed by atoms with Crippen LogP contribution < -0.4 is 5.14 Å². The zero-order valence-electron chi connectivity index (χ0n) is 12.5. The van der Waals surface area contributed by atoms with Crippen molar-refractivity contribution in [3.05, 3.63) is 29.3 Å². The summed E-state index contributed by atoms with van der Waals surface area (Å²) in [6, 6.07) is 4.51. The van der Waals surface area contributed by atoms with Gasteiger partial charge in [-0.25, -0.2) is 13.6 Å². The summed E-state index contributed by atoms with van der Waals surface area (Å²) in [7, 11) is -1.79. The molecule has 0 aromatic heterocycles. The van der Waals surface area contributed by atoms with Crippen LogP contribution >= 0.6 is 0 Å². The summed E-state index contributed by atoms with van der Waals surface area (Å²) in [5.41, 5.74) is 1.15. The minimum atomic E-state index is -3.81. The maximum Gasteiger partial charge on any atom is 0.254 e. The van der Waals surface area contributed by atoms with Crippen LogP contribution in [0.3, 0.4) is 0 Å². The number of piperazine rings is 1. The highest BCUT2D eigenvalue weighted by Crippen LogP contribution is 2.19.